The molecule has 6 nitrogen and oxygen atoms in total. The number of carboxylic acids is 1. The van der Waals surface area contributed by atoms with Gasteiger partial charge in [-0.05, 0) is 19.3 Å². The van der Waals surface area contributed by atoms with E-state index in [-0.39, 0.29) is 12.5 Å². The number of nitrogens with two attached hydrogens (primary N) is 1. The van der Waals surface area contributed by atoms with Crippen LogP contribution >= 0.6 is 0 Å². The fraction of sp³-hybridized carbons (Fsp3) is 0.667. The first-order valence-electron chi connectivity index (χ1n) is 5.88. The summed E-state index contributed by atoms with van der Waals surface area (Å²) in [5, 5.41) is 17.7. The number of likely N-dealkylation sites (tertiary alicyclic amines) is 1. The zero-order valence-corrected chi connectivity index (χ0v) is 10.9. The molecule has 1 fully saturated rings. The number of aliphatic hydroxyl groups is 1. The third-order valence-corrected chi connectivity index (χ3v) is 2.57. The third kappa shape index (κ3) is 6.36. The lowest BCUT2D eigenvalue weighted by Gasteiger charge is -2.19. The number of amides is 1. The van der Waals surface area contributed by atoms with Crippen molar-refractivity contribution < 1.29 is 19.8 Å². The number of β-amino-alcohol motifs (C(OH)–C–C–N with tert-alkyl or cyclic N) is 1. The summed E-state index contributed by atoms with van der Waals surface area (Å²) in [5.41, 5.74) is 4.47. The van der Waals surface area contributed by atoms with E-state index in [1.807, 2.05) is 24.0 Å². The molecule has 0 unspecified atom stereocenters. The monoisotopic (exact) mass is 258 g/mol. The highest BCUT2D eigenvalue weighted by molar-refractivity contribution is 5.74. The highest BCUT2D eigenvalue weighted by Gasteiger charge is 2.34. The molecule has 0 radical (unpaired) electrons. The molecule has 1 rings (SSSR count). The SMILES string of the molecule is CC(N)=O.CC=C[C@@H]1C[C@H](C(=O)O)N(CCO)C1. The van der Waals surface area contributed by atoms with E-state index in [9.17, 15) is 9.59 Å². The van der Waals surface area contributed by atoms with Crippen molar-refractivity contribution >= 4 is 11.9 Å². The second-order valence-electron chi connectivity index (χ2n) is 4.20. The molecule has 1 aliphatic rings. The molecule has 0 spiro atoms. The van der Waals surface area contributed by atoms with Crippen molar-refractivity contribution in [3.05, 3.63) is 12.2 Å². The Kier molecular flexibility index (Phi) is 7.98. The average Bonchev–Trinajstić information content (AvgIpc) is 2.61. The summed E-state index contributed by atoms with van der Waals surface area (Å²) in [6, 6.07) is -0.427. The van der Waals surface area contributed by atoms with Crippen LogP contribution in [0.2, 0.25) is 0 Å². The van der Waals surface area contributed by atoms with Crippen LogP contribution in [0.25, 0.3) is 0 Å². The maximum atomic E-state index is 10.9. The molecule has 0 aromatic carbocycles. The normalized spacial score (nSPS) is 23.7. The highest BCUT2D eigenvalue weighted by atomic mass is 16.4. The minimum absolute atomic E-state index is 0.0202. The third-order valence-electron chi connectivity index (χ3n) is 2.57. The molecule has 0 aromatic rings. The fourth-order valence-electron chi connectivity index (χ4n) is 1.98. The molecule has 1 aliphatic heterocycles. The molecule has 0 aromatic heterocycles. The Morgan fingerprint density at radius 1 is 1.50 bits per heavy atom. The van der Waals surface area contributed by atoms with Crippen LogP contribution in [0.4, 0.5) is 0 Å². The predicted octanol–water partition coefficient (Wildman–Crippen LogP) is -0.178. The van der Waals surface area contributed by atoms with Crippen molar-refractivity contribution in [3.63, 3.8) is 0 Å². The lowest BCUT2D eigenvalue weighted by molar-refractivity contribution is -0.142. The molecule has 0 bridgehead atoms. The predicted molar refractivity (Wildman–Crippen MR) is 67.9 cm³/mol. The number of primary amides is 1. The van der Waals surface area contributed by atoms with Gasteiger partial charge < -0.3 is 15.9 Å². The van der Waals surface area contributed by atoms with E-state index in [4.69, 9.17) is 10.2 Å². The summed E-state index contributed by atoms with van der Waals surface area (Å²) < 4.78 is 0. The van der Waals surface area contributed by atoms with Crippen LogP contribution in [0, 0.1) is 5.92 Å². The van der Waals surface area contributed by atoms with Crippen molar-refractivity contribution in [1.29, 1.82) is 0 Å². The zero-order chi connectivity index (χ0) is 14.1. The highest BCUT2D eigenvalue weighted by Crippen LogP contribution is 2.23. The zero-order valence-electron chi connectivity index (χ0n) is 10.9. The number of rotatable bonds is 4. The number of carbonyl (C=O) groups excluding carboxylic acids is 1. The number of hydrogen-bond donors (Lipinski definition) is 3. The summed E-state index contributed by atoms with van der Waals surface area (Å²) in [5.74, 6) is -0.807. The first kappa shape index (κ1) is 16.6. The summed E-state index contributed by atoms with van der Waals surface area (Å²) >= 11 is 0. The molecule has 2 atom stereocenters. The standard InChI is InChI=1S/C10H17NO3.C2H5NO/c1-2-3-8-6-9(10(13)14)11(7-8)4-5-12;1-2(3)4/h2-3,8-9,12H,4-7H2,1H3,(H,13,14);1H3,(H2,3,4)/t8-,9-;/m1./s1. The minimum Gasteiger partial charge on any atom is -0.480 e. The Morgan fingerprint density at radius 2 is 2.06 bits per heavy atom. The van der Waals surface area contributed by atoms with Crippen molar-refractivity contribution in [3.8, 4) is 0 Å². The number of carboxylic acid groups (broad SMARTS) is 1. The first-order chi connectivity index (χ1) is 8.42. The second kappa shape index (κ2) is 8.66. The van der Waals surface area contributed by atoms with Crippen molar-refractivity contribution in [2.75, 3.05) is 19.7 Å². The quantitative estimate of drug-likeness (QED) is 0.607. The maximum absolute atomic E-state index is 10.9. The summed E-state index contributed by atoms with van der Waals surface area (Å²) in [6.45, 7) is 4.45. The molecule has 0 aliphatic carbocycles. The lowest BCUT2D eigenvalue weighted by Crippen LogP contribution is -2.37. The molecule has 1 amide bonds. The van der Waals surface area contributed by atoms with Gasteiger partial charge in [0.25, 0.3) is 0 Å². The van der Waals surface area contributed by atoms with E-state index < -0.39 is 12.0 Å². The van der Waals surface area contributed by atoms with E-state index in [1.165, 1.54) is 6.92 Å². The van der Waals surface area contributed by atoms with Crippen LogP contribution < -0.4 is 5.73 Å². The van der Waals surface area contributed by atoms with E-state index in [0.717, 1.165) is 6.54 Å². The molecule has 0 saturated carbocycles. The first-order valence-corrected chi connectivity index (χ1v) is 5.88. The molecule has 6 heteroatoms. The van der Waals surface area contributed by atoms with E-state index >= 15 is 0 Å². The number of aliphatic hydroxyl groups excluding tert-OH is 1. The van der Waals surface area contributed by atoms with Gasteiger partial charge in [-0.1, -0.05) is 12.2 Å². The van der Waals surface area contributed by atoms with Crippen LogP contribution in [0.5, 0.6) is 0 Å². The topological polar surface area (TPSA) is 104 Å². The largest absolute Gasteiger partial charge is 0.480 e. The smallest absolute Gasteiger partial charge is 0.320 e. The van der Waals surface area contributed by atoms with Crippen molar-refractivity contribution in [2.24, 2.45) is 11.7 Å². The Balaban J connectivity index is 0.000000631. The van der Waals surface area contributed by atoms with Crippen molar-refractivity contribution in [1.82, 2.24) is 4.90 Å². The van der Waals surface area contributed by atoms with Crippen molar-refractivity contribution in [2.45, 2.75) is 26.3 Å². The number of hydrogen-bond acceptors (Lipinski definition) is 4. The number of nitrogens with zero attached hydrogens (tertiary/aromatic N) is 1. The summed E-state index contributed by atoms with van der Waals surface area (Å²) in [6.07, 6.45) is 4.64. The van der Waals surface area contributed by atoms with Crippen LogP contribution in [-0.2, 0) is 9.59 Å². The van der Waals surface area contributed by atoms with Crippen LogP contribution in [0.15, 0.2) is 12.2 Å². The van der Waals surface area contributed by atoms with E-state index in [2.05, 4.69) is 5.73 Å². The molecule has 18 heavy (non-hydrogen) atoms. The number of allylic oxidation sites excluding steroid dienone is 1. The molecular weight excluding hydrogens is 236 g/mol. The second-order valence-corrected chi connectivity index (χ2v) is 4.20. The molecule has 1 saturated heterocycles. The molecular formula is C12H22N2O4. The molecule has 1 heterocycles. The molecule has 104 valence electrons. The Morgan fingerprint density at radius 3 is 2.44 bits per heavy atom. The van der Waals surface area contributed by atoms with Gasteiger partial charge in [-0.15, -0.1) is 0 Å². The van der Waals surface area contributed by atoms with Gasteiger partial charge in [0.05, 0.1) is 6.61 Å². The summed E-state index contributed by atoms with van der Waals surface area (Å²) in [4.78, 5) is 21.9. The average molecular weight is 258 g/mol. The van der Waals surface area contributed by atoms with Crippen LogP contribution in [0.3, 0.4) is 0 Å². The molecule has 4 N–H and O–H groups in total. The van der Waals surface area contributed by atoms with Gasteiger partial charge in [0.2, 0.25) is 5.91 Å². The van der Waals surface area contributed by atoms with Gasteiger partial charge in [-0.3, -0.25) is 14.5 Å². The van der Waals surface area contributed by atoms with Crippen LogP contribution in [-0.4, -0.2) is 52.7 Å². The summed E-state index contributed by atoms with van der Waals surface area (Å²) in [7, 11) is 0. The van der Waals surface area contributed by atoms with Gasteiger partial charge in [0.1, 0.15) is 6.04 Å². The Hall–Kier alpha value is -1.40. The Labute approximate surface area is 107 Å². The van der Waals surface area contributed by atoms with Gasteiger partial charge >= 0.3 is 5.97 Å². The van der Waals surface area contributed by atoms with E-state index in [0.29, 0.717) is 18.9 Å². The lowest BCUT2D eigenvalue weighted by atomic mass is 10.1. The van der Waals surface area contributed by atoms with Gasteiger partial charge in [0.15, 0.2) is 0 Å². The van der Waals surface area contributed by atoms with Gasteiger partial charge in [0, 0.05) is 20.0 Å². The maximum Gasteiger partial charge on any atom is 0.320 e. The Bertz CT molecular complexity index is 300. The fourth-order valence-corrected chi connectivity index (χ4v) is 1.98. The van der Waals surface area contributed by atoms with Gasteiger partial charge in [-0.2, -0.15) is 0 Å². The minimum atomic E-state index is -0.787. The number of aliphatic carboxylic acids is 1. The van der Waals surface area contributed by atoms with Crippen LogP contribution in [0.1, 0.15) is 20.3 Å². The van der Waals surface area contributed by atoms with E-state index in [1.54, 1.807) is 0 Å². The van der Waals surface area contributed by atoms with Gasteiger partial charge in [-0.25, -0.2) is 0 Å². The number of carbonyl (C=O) groups is 2.